The van der Waals surface area contributed by atoms with E-state index in [9.17, 15) is 0 Å². The van der Waals surface area contributed by atoms with Crippen molar-refractivity contribution < 1.29 is 0 Å². The van der Waals surface area contributed by atoms with Crippen LogP contribution in [0.15, 0.2) is 59.1 Å². The lowest BCUT2D eigenvalue weighted by molar-refractivity contribution is 0.754. The van der Waals surface area contributed by atoms with E-state index < -0.39 is 0 Å². The van der Waals surface area contributed by atoms with Crippen molar-refractivity contribution in [2.75, 3.05) is 0 Å². The molecule has 0 aliphatic heterocycles. The van der Waals surface area contributed by atoms with E-state index in [2.05, 4.69) is 26.4 Å². The van der Waals surface area contributed by atoms with E-state index in [4.69, 9.17) is 12.2 Å². The number of nitrogens with zero attached hydrogens (tertiary/aromatic N) is 4. The fourth-order valence-corrected chi connectivity index (χ4v) is 2.48. The van der Waals surface area contributed by atoms with Gasteiger partial charge in [-0.2, -0.15) is 9.36 Å². The van der Waals surface area contributed by atoms with Crippen molar-refractivity contribution in [2.45, 2.75) is 0 Å². The molecule has 0 radical (unpaired) electrons. The second-order valence-corrected chi connectivity index (χ2v) is 5.09. The molecular formula is C13H9BrN4S. The number of rotatable bonds is 2. The molecule has 0 aliphatic rings. The maximum absolute atomic E-state index is 5.43. The summed E-state index contributed by atoms with van der Waals surface area (Å²) in [5, 5.41) is 8.23. The standard InChI is InChI=1S/C13H9BrN4S/c14-11-8-4-5-9-12(11)18-13(19)17(15-16-18)10-6-2-1-3-7-10/h1-9H. The van der Waals surface area contributed by atoms with Crippen molar-refractivity contribution in [2.24, 2.45) is 0 Å². The first-order valence-electron chi connectivity index (χ1n) is 5.63. The van der Waals surface area contributed by atoms with Crippen molar-refractivity contribution in [3.8, 4) is 11.4 Å². The molecule has 2 aromatic carbocycles. The van der Waals surface area contributed by atoms with E-state index in [1.54, 1.807) is 9.36 Å². The zero-order valence-corrected chi connectivity index (χ0v) is 12.2. The van der Waals surface area contributed by atoms with Crippen LogP contribution in [-0.4, -0.2) is 19.8 Å². The van der Waals surface area contributed by atoms with Crippen LogP contribution in [0.4, 0.5) is 0 Å². The summed E-state index contributed by atoms with van der Waals surface area (Å²) in [4.78, 5) is 0. The highest BCUT2D eigenvalue weighted by molar-refractivity contribution is 9.10. The third kappa shape index (κ3) is 2.24. The average Bonchev–Trinajstić information content (AvgIpc) is 2.82. The summed E-state index contributed by atoms with van der Waals surface area (Å²) >= 11 is 8.92. The van der Waals surface area contributed by atoms with Gasteiger partial charge in [0.1, 0.15) is 0 Å². The largest absolute Gasteiger partial charge is 0.225 e. The Morgan fingerprint density at radius 3 is 2.21 bits per heavy atom. The summed E-state index contributed by atoms with van der Waals surface area (Å²) < 4.78 is 4.71. The topological polar surface area (TPSA) is 35.6 Å². The van der Waals surface area contributed by atoms with Crippen molar-refractivity contribution >= 4 is 28.1 Å². The number of aromatic nitrogens is 4. The maximum Gasteiger partial charge on any atom is 0.225 e. The smallest absolute Gasteiger partial charge is 0.185 e. The Morgan fingerprint density at radius 2 is 1.47 bits per heavy atom. The van der Waals surface area contributed by atoms with E-state index in [0.717, 1.165) is 15.8 Å². The van der Waals surface area contributed by atoms with Gasteiger partial charge in [-0.05, 0) is 62.8 Å². The van der Waals surface area contributed by atoms with E-state index in [-0.39, 0.29) is 0 Å². The fraction of sp³-hybridized carbons (Fsp3) is 0. The van der Waals surface area contributed by atoms with Gasteiger partial charge < -0.3 is 0 Å². The van der Waals surface area contributed by atoms with Gasteiger partial charge in [0.15, 0.2) is 0 Å². The Morgan fingerprint density at radius 1 is 0.842 bits per heavy atom. The molecule has 0 saturated heterocycles. The van der Waals surface area contributed by atoms with Crippen molar-refractivity contribution in [3.05, 3.63) is 63.8 Å². The molecule has 6 heteroatoms. The summed E-state index contributed by atoms with van der Waals surface area (Å²) in [6.07, 6.45) is 0. The highest BCUT2D eigenvalue weighted by atomic mass is 79.9. The minimum Gasteiger partial charge on any atom is -0.185 e. The molecule has 0 bridgehead atoms. The summed E-state index contributed by atoms with van der Waals surface area (Å²) in [5.41, 5.74) is 1.76. The minimum atomic E-state index is 0.526. The first kappa shape index (κ1) is 12.3. The van der Waals surface area contributed by atoms with Crippen LogP contribution in [0, 0.1) is 4.77 Å². The third-order valence-corrected chi connectivity index (χ3v) is 3.68. The first-order valence-corrected chi connectivity index (χ1v) is 6.83. The van der Waals surface area contributed by atoms with Crippen molar-refractivity contribution in [1.82, 2.24) is 19.8 Å². The molecule has 0 spiro atoms. The lowest BCUT2D eigenvalue weighted by Crippen LogP contribution is -1.99. The zero-order valence-electron chi connectivity index (χ0n) is 9.77. The van der Waals surface area contributed by atoms with Gasteiger partial charge in [0.05, 0.1) is 11.4 Å². The molecule has 0 atom stereocenters. The molecular weight excluding hydrogens is 324 g/mol. The molecule has 0 aliphatic carbocycles. The number of benzene rings is 2. The van der Waals surface area contributed by atoms with Crippen LogP contribution >= 0.6 is 28.1 Å². The zero-order chi connectivity index (χ0) is 13.2. The van der Waals surface area contributed by atoms with Crippen LogP contribution in [0.2, 0.25) is 0 Å². The van der Waals surface area contributed by atoms with Crippen LogP contribution in [0.5, 0.6) is 0 Å². The molecule has 3 rings (SSSR count). The van der Waals surface area contributed by atoms with Crippen LogP contribution in [0.1, 0.15) is 0 Å². The van der Waals surface area contributed by atoms with Crippen LogP contribution in [0.3, 0.4) is 0 Å². The number of halogens is 1. The number of hydrogen-bond donors (Lipinski definition) is 0. The second kappa shape index (κ2) is 5.07. The average molecular weight is 333 g/mol. The molecule has 0 amide bonds. The molecule has 0 N–H and O–H groups in total. The highest BCUT2D eigenvalue weighted by Gasteiger charge is 2.09. The van der Waals surface area contributed by atoms with Crippen LogP contribution in [0.25, 0.3) is 11.4 Å². The van der Waals surface area contributed by atoms with Crippen LogP contribution < -0.4 is 0 Å². The normalized spacial score (nSPS) is 10.6. The monoisotopic (exact) mass is 332 g/mol. The SMILES string of the molecule is S=c1n(-c2ccccc2)nnn1-c1ccccc1Br. The summed E-state index contributed by atoms with van der Waals surface area (Å²) in [5.74, 6) is 0. The molecule has 94 valence electrons. The summed E-state index contributed by atoms with van der Waals surface area (Å²) in [7, 11) is 0. The van der Waals surface area contributed by atoms with Gasteiger partial charge in [0.2, 0.25) is 4.77 Å². The lowest BCUT2D eigenvalue weighted by Gasteiger charge is -2.02. The number of tetrazole rings is 1. The lowest BCUT2D eigenvalue weighted by atomic mass is 10.3. The van der Waals surface area contributed by atoms with Gasteiger partial charge in [0.25, 0.3) is 0 Å². The number of hydrogen-bond acceptors (Lipinski definition) is 3. The van der Waals surface area contributed by atoms with Gasteiger partial charge in [-0.3, -0.25) is 0 Å². The Kier molecular flexibility index (Phi) is 3.27. The Hall–Kier alpha value is -1.79. The van der Waals surface area contributed by atoms with E-state index in [1.165, 1.54) is 0 Å². The number of para-hydroxylation sites is 2. The predicted octanol–water partition coefficient (Wildman–Crippen LogP) is 3.55. The summed E-state index contributed by atoms with van der Waals surface area (Å²) in [6.45, 7) is 0. The molecule has 0 unspecified atom stereocenters. The van der Waals surface area contributed by atoms with E-state index in [0.29, 0.717) is 4.77 Å². The highest BCUT2D eigenvalue weighted by Crippen LogP contribution is 2.20. The third-order valence-electron chi connectivity index (χ3n) is 2.66. The molecule has 4 nitrogen and oxygen atoms in total. The Bertz CT molecular complexity index is 764. The summed E-state index contributed by atoms with van der Waals surface area (Å²) in [6, 6.07) is 17.5. The maximum atomic E-state index is 5.43. The van der Waals surface area contributed by atoms with Gasteiger partial charge in [-0.25, -0.2) is 0 Å². The van der Waals surface area contributed by atoms with Gasteiger partial charge >= 0.3 is 0 Å². The van der Waals surface area contributed by atoms with E-state index in [1.807, 2.05) is 54.6 Å². The quantitative estimate of drug-likeness (QED) is 0.673. The molecule has 3 aromatic rings. The van der Waals surface area contributed by atoms with Crippen molar-refractivity contribution in [3.63, 3.8) is 0 Å². The Labute approximate surface area is 123 Å². The molecule has 1 heterocycles. The van der Waals surface area contributed by atoms with Crippen molar-refractivity contribution in [1.29, 1.82) is 0 Å². The molecule has 0 fully saturated rings. The van der Waals surface area contributed by atoms with Gasteiger partial charge in [0, 0.05) is 4.47 Å². The van der Waals surface area contributed by atoms with Gasteiger partial charge in [-0.15, -0.1) is 0 Å². The predicted molar refractivity (Wildman–Crippen MR) is 79.2 cm³/mol. The molecule has 19 heavy (non-hydrogen) atoms. The first-order chi connectivity index (χ1) is 9.27. The van der Waals surface area contributed by atoms with Gasteiger partial charge in [-0.1, -0.05) is 30.3 Å². The minimum absolute atomic E-state index is 0.526. The Balaban J connectivity index is 2.15. The van der Waals surface area contributed by atoms with E-state index >= 15 is 0 Å². The molecule has 1 aromatic heterocycles. The second-order valence-electron chi connectivity index (χ2n) is 3.87. The molecule has 0 saturated carbocycles. The van der Waals surface area contributed by atoms with Crippen LogP contribution in [-0.2, 0) is 0 Å². The fourth-order valence-electron chi connectivity index (χ4n) is 1.75.